The van der Waals surface area contributed by atoms with Crippen LogP contribution >= 0.6 is 23.2 Å². The molecule has 2 atom stereocenters. The zero-order valence-corrected chi connectivity index (χ0v) is 23.7. The lowest BCUT2D eigenvalue weighted by Crippen LogP contribution is -2.42. The first kappa shape index (κ1) is 29.3. The van der Waals surface area contributed by atoms with Crippen LogP contribution in [0.15, 0.2) is 42.5 Å². The molecule has 2 bridgehead atoms. The molecule has 2 aliphatic heterocycles. The lowest BCUT2D eigenvalue weighted by Gasteiger charge is -2.36. The van der Waals surface area contributed by atoms with Gasteiger partial charge in [0.05, 0.1) is 29.4 Å². The summed E-state index contributed by atoms with van der Waals surface area (Å²) in [4.78, 5) is 46.8. The molecule has 5 rings (SSSR count). The number of nitrogens with one attached hydrogen (secondary N) is 3. The summed E-state index contributed by atoms with van der Waals surface area (Å²) in [6, 6.07) is 6.23. The molecular weight excluding hydrogens is 595 g/mol. The second-order valence-corrected chi connectivity index (χ2v) is 10.4. The van der Waals surface area contributed by atoms with Crippen molar-refractivity contribution in [3.05, 3.63) is 75.7 Å². The molecule has 3 amide bonds. The van der Waals surface area contributed by atoms with E-state index in [1.807, 2.05) is 6.08 Å². The molecule has 3 heterocycles. The zero-order valence-electron chi connectivity index (χ0n) is 22.2. The predicted octanol–water partition coefficient (Wildman–Crippen LogP) is 7.14. The van der Waals surface area contributed by atoms with Crippen LogP contribution in [0.3, 0.4) is 0 Å². The first-order chi connectivity index (χ1) is 20.2. The van der Waals surface area contributed by atoms with E-state index in [1.165, 1.54) is 12.0 Å². The highest BCUT2D eigenvalue weighted by Crippen LogP contribution is 2.39. The average molecular weight is 620 g/mol. The van der Waals surface area contributed by atoms with Gasteiger partial charge in [-0.25, -0.2) is 23.4 Å². The number of halogens is 4. The number of methoxy groups -OCH3 is 1. The molecular formula is C28H25Cl2F2N5O5. The predicted molar refractivity (Wildman–Crippen MR) is 151 cm³/mol. The van der Waals surface area contributed by atoms with Crippen LogP contribution in [0.25, 0.3) is 11.3 Å². The Morgan fingerprint density at radius 2 is 2.00 bits per heavy atom. The molecule has 0 radical (unpaired) electrons. The number of aromatic amines is 1. The Balaban J connectivity index is 1.48. The molecule has 0 spiro atoms. The number of imidazole rings is 1. The van der Waals surface area contributed by atoms with Gasteiger partial charge in [-0.2, -0.15) is 0 Å². The van der Waals surface area contributed by atoms with Gasteiger partial charge < -0.3 is 19.8 Å². The Bertz CT molecular complexity index is 1580. The Hall–Kier alpha value is -4.16. The molecule has 220 valence electrons. The number of carbonyl (C=O) groups excluding carboxylic acids is 3. The number of fused-ring (bicyclic) bond motifs is 4. The summed E-state index contributed by atoms with van der Waals surface area (Å²) in [6.45, 7) is 0.0975. The smallest absolute Gasteiger partial charge is 0.411 e. The highest BCUT2D eigenvalue weighted by atomic mass is 35.5. The van der Waals surface area contributed by atoms with E-state index >= 15 is 0 Å². The summed E-state index contributed by atoms with van der Waals surface area (Å²) in [5, 5.41) is 5.26. The van der Waals surface area contributed by atoms with Gasteiger partial charge in [0.1, 0.15) is 28.6 Å². The quantitative estimate of drug-likeness (QED) is 0.211. The summed E-state index contributed by atoms with van der Waals surface area (Å²) >= 11 is 12.4. The normalized spacial score (nSPS) is 19.0. The number of cyclic esters (lactones) is 1. The number of allylic oxidation sites excluding steroid dienone is 1. The molecule has 0 aliphatic carbocycles. The van der Waals surface area contributed by atoms with Crippen molar-refractivity contribution in [1.29, 1.82) is 0 Å². The number of carbonyl (C=O) groups is 3. The van der Waals surface area contributed by atoms with Crippen LogP contribution in [0.1, 0.15) is 49.2 Å². The van der Waals surface area contributed by atoms with Crippen molar-refractivity contribution in [2.45, 2.75) is 37.8 Å². The van der Waals surface area contributed by atoms with Crippen molar-refractivity contribution in [2.24, 2.45) is 0 Å². The summed E-state index contributed by atoms with van der Waals surface area (Å²) in [5.74, 6) is -1.77. The molecule has 10 nitrogen and oxygen atoms in total. The van der Waals surface area contributed by atoms with Gasteiger partial charge in [-0.05, 0) is 43.2 Å². The van der Waals surface area contributed by atoms with E-state index in [0.29, 0.717) is 41.3 Å². The van der Waals surface area contributed by atoms with Crippen molar-refractivity contribution >= 4 is 52.7 Å². The van der Waals surface area contributed by atoms with Gasteiger partial charge >= 0.3 is 12.2 Å². The molecule has 3 N–H and O–H groups in total. The van der Waals surface area contributed by atoms with Crippen molar-refractivity contribution in [3.63, 3.8) is 0 Å². The van der Waals surface area contributed by atoms with Gasteiger partial charge in [-0.1, -0.05) is 35.4 Å². The highest BCUT2D eigenvalue weighted by Gasteiger charge is 2.37. The first-order valence-electron chi connectivity index (χ1n) is 13.0. The Morgan fingerprint density at radius 3 is 2.76 bits per heavy atom. The van der Waals surface area contributed by atoms with Crippen LogP contribution in [0.2, 0.25) is 10.2 Å². The van der Waals surface area contributed by atoms with Crippen molar-refractivity contribution in [3.8, 4) is 11.3 Å². The van der Waals surface area contributed by atoms with E-state index in [4.69, 9.17) is 27.9 Å². The van der Waals surface area contributed by atoms with E-state index in [1.54, 1.807) is 24.3 Å². The van der Waals surface area contributed by atoms with Crippen molar-refractivity contribution in [2.75, 3.05) is 24.3 Å². The van der Waals surface area contributed by atoms with E-state index in [-0.39, 0.29) is 35.5 Å². The van der Waals surface area contributed by atoms with E-state index in [2.05, 4.69) is 25.3 Å². The minimum absolute atomic E-state index is 0.0959. The van der Waals surface area contributed by atoms with Crippen LogP contribution in [-0.2, 0) is 14.3 Å². The molecule has 42 heavy (non-hydrogen) atoms. The molecule has 0 saturated carbocycles. The number of hydrogen-bond acceptors (Lipinski definition) is 6. The summed E-state index contributed by atoms with van der Waals surface area (Å²) in [6.07, 6.45) is 1.94. The Labute approximate surface area is 249 Å². The van der Waals surface area contributed by atoms with Gasteiger partial charge in [-0.15, -0.1) is 0 Å². The SMILES string of the molecule is COC(=O)Nc1ccc2c(c1)NC(=O)CCC=CCC(N1CCC(c3c(F)ccc(Cl)c3F)OC1=O)c1nc-2c(Cl)[nH]1. The standard InChI is InChI=1S/C28H25Cl2F2N5O5/c1-41-27(39)33-14-7-8-15-18(13-14)34-21(38)6-4-2-3-5-19(26-35-24(15)25(30)36-26)37-12-11-20(42-28(37)40)22-17(31)10-9-16(29)23(22)32/h2-3,7-10,13,19-20H,4-6,11-12H2,1H3,(H,33,39)(H,34,38)(H,35,36). The van der Waals surface area contributed by atoms with Crippen LogP contribution < -0.4 is 10.6 Å². The fourth-order valence-corrected chi connectivity index (χ4v) is 5.29. The number of ether oxygens (including phenoxy) is 2. The number of aromatic nitrogens is 2. The molecule has 3 aromatic rings. The second kappa shape index (κ2) is 12.4. The van der Waals surface area contributed by atoms with Gasteiger partial charge in [0, 0.05) is 30.6 Å². The largest absolute Gasteiger partial charge is 0.453 e. The summed E-state index contributed by atoms with van der Waals surface area (Å²) in [7, 11) is 1.23. The summed E-state index contributed by atoms with van der Waals surface area (Å²) in [5.41, 5.74) is 1.08. The Kier molecular flexibility index (Phi) is 8.64. The fourth-order valence-electron chi connectivity index (χ4n) is 4.88. The topological polar surface area (TPSA) is 126 Å². The first-order valence-corrected chi connectivity index (χ1v) is 13.7. The maximum Gasteiger partial charge on any atom is 0.411 e. The number of amides is 3. The summed E-state index contributed by atoms with van der Waals surface area (Å²) < 4.78 is 39.3. The monoisotopic (exact) mass is 619 g/mol. The maximum atomic E-state index is 14.6. The van der Waals surface area contributed by atoms with E-state index in [9.17, 15) is 23.2 Å². The lowest BCUT2D eigenvalue weighted by atomic mass is 10.0. The third kappa shape index (κ3) is 6.04. The second-order valence-electron chi connectivity index (χ2n) is 9.58. The number of benzene rings is 2. The van der Waals surface area contributed by atoms with Crippen LogP contribution in [0.5, 0.6) is 0 Å². The molecule has 1 aromatic heterocycles. The Morgan fingerprint density at radius 1 is 1.19 bits per heavy atom. The zero-order chi connectivity index (χ0) is 30.0. The van der Waals surface area contributed by atoms with Gasteiger partial charge in [0.15, 0.2) is 5.82 Å². The number of rotatable bonds is 3. The third-order valence-electron chi connectivity index (χ3n) is 6.93. The molecule has 2 unspecified atom stereocenters. The van der Waals surface area contributed by atoms with E-state index < -0.39 is 41.5 Å². The van der Waals surface area contributed by atoms with Gasteiger partial charge in [-0.3, -0.25) is 15.0 Å². The van der Waals surface area contributed by atoms with Crippen LogP contribution in [0.4, 0.5) is 29.7 Å². The third-order valence-corrected chi connectivity index (χ3v) is 7.49. The van der Waals surface area contributed by atoms with Gasteiger partial charge in [0.25, 0.3) is 0 Å². The number of anilines is 2. The molecule has 1 fully saturated rings. The molecule has 2 aliphatic rings. The average Bonchev–Trinajstić information content (AvgIpc) is 3.34. The molecule has 1 saturated heterocycles. The van der Waals surface area contributed by atoms with E-state index in [0.717, 1.165) is 12.1 Å². The minimum Gasteiger partial charge on any atom is -0.453 e. The maximum absolute atomic E-state index is 14.6. The van der Waals surface area contributed by atoms with Crippen molar-refractivity contribution in [1.82, 2.24) is 14.9 Å². The highest BCUT2D eigenvalue weighted by molar-refractivity contribution is 6.32. The van der Waals surface area contributed by atoms with Crippen LogP contribution in [-0.4, -0.2) is 46.6 Å². The molecule has 14 heteroatoms. The number of nitrogens with zero attached hydrogens (tertiary/aromatic N) is 2. The van der Waals surface area contributed by atoms with Crippen molar-refractivity contribution < 1.29 is 32.6 Å². The minimum atomic E-state index is -1.16. The lowest BCUT2D eigenvalue weighted by molar-refractivity contribution is -0.116. The van der Waals surface area contributed by atoms with Crippen LogP contribution in [0, 0.1) is 11.6 Å². The number of H-pyrrole nitrogens is 1. The molecule has 2 aromatic carbocycles. The fraction of sp³-hybridized carbons (Fsp3) is 0.286. The number of hydrogen-bond donors (Lipinski definition) is 3. The van der Waals surface area contributed by atoms with Gasteiger partial charge in [0.2, 0.25) is 5.91 Å².